The highest BCUT2D eigenvalue weighted by Gasteiger charge is 2.60. The molecule has 2 aromatic carbocycles. The molecule has 0 spiro atoms. The number of ether oxygens (including phenoxy) is 5. The molecule has 0 aliphatic carbocycles. The van der Waals surface area contributed by atoms with E-state index in [1.807, 2.05) is 80.6 Å². The maximum absolute atomic E-state index is 15.3. The average Bonchev–Trinajstić information content (AvgIpc) is 3.80. The van der Waals surface area contributed by atoms with Gasteiger partial charge in [0.2, 0.25) is 5.91 Å². The van der Waals surface area contributed by atoms with Gasteiger partial charge in [-0.2, -0.15) is 0 Å². The predicted octanol–water partition coefficient (Wildman–Crippen LogP) is 10.2. The van der Waals surface area contributed by atoms with Crippen molar-refractivity contribution in [3.05, 3.63) is 83.9 Å². The Morgan fingerprint density at radius 3 is 1.95 bits per heavy atom. The Balaban J connectivity index is 1.60. The predicted molar refractivity (Wildman–Crippen MR) is 233 cm³/mol. The quantitative estimate of drug-likeness (QED) is 0.0480. The first kappa shape index (κ1) is 47.5. The SMILES string of the molecule is CCCCCCCC1(CCCCCC/C=C/[C@H](C(=O)N2C(=S)OC(c3ccccc3)(c3ccccc3)[C@@H]2C(C)C)[C@@](O)(CCCOC)C(=O)OC(C)(C)C)OCCO1. The van der Waals surface area contributed by atoms with Gasteiger partial charge in [-0.1, -0.05) is 132 Å². The third-order valence-electron chi connectivity index (χ3n) is 11.3. The number of unbranched alkanes of at least 4 members (excludes halogenated alkanes) is 8. The fourth-order valence-electron chi connectivity index (χ4n) is 8.52. The molecular weight excluding hydrogens is 751 g/mol. The number of thiocarbonyl (C=S) groups is 1. The Morgan fingerprint density at radius 1 is 0.879 bits per heavy atom. The van der Waals surface area contributed by atoms with Crippen LogP contribution in [0.25, 0.3) is 0 Å². The highest BCUT2D eigenvalue weighted by atomic mass is 32.1. The molecule has 0 aromatic heterocycles. The van der Waals surface area contributed by atoms with Gasteiger partial charge in [0, 0.05) is 37.7 Å². The van der Waals surface area contributed by atoms with Gasteiger partial charge >= 0.3 is 5.97 Å². The van der Waals surface area contributed by atoms with Gasteiger partial charge < -0.3 is 28.8 Å². The summed E-state index contributed by atoms with van der Waals surface area (Å²) in [6.07, 6.45) is 16.4. The largest absolute Gasteiger partial charge is 0.458 e. The number of aliphatic hydroxyl groups is 1. The van der Waals surface area contributed by atoms with Crippen molar-refractivity contribution in [2.45, 2.75) is 160 Å². The van der Waals surface area contributed by atoms with Gasteiger partial charge in [0.15, 0.2) is 17.0 Å². The number of rotatable bonds is 24. The van der Waals surface area contributed by atoms with Crippen molar-refractivity contribution in [2.24, 2.45) is 11.8 Å². The smallest absolute Gasteiger partial charge is 0.339 e. The molecule has 2 fully saturated rings. The molecule has 0 radical (unpaired) electrons. The normalized spacial score (nSPS) is 19.4. The van der Waals surface area contributed by atoms with E-state index in [1.54, 1.807) is 34.0 Å². The summed E-state index contributed by atoms with van der Waals surface area (Å²) in [6, 6.07) is 19.0. The van der Waals surface area contributed by atoms with Crippen LogP contribution >= 0.6 is 12.2 Å². The molecule has 9 nitrogen and oxygen atoms in total. The zero-order valence-corrected chi connectivity index (χ0v) is 37.2. The van der Waals surface area contributed by atoms with E-state index in [1.165, 1.54) is 30.6 Å². The van der Waals surface area contributed by atoms with Crippen LogP contribution in [-0.2, 0) is 38.9 Å². The molecule has 1 N–H and O–H groups in total. The molecule has 10 heteroatoms. The summed E-state index contributed by atoms with van der Waals surface area (Å²) in [5.74, 6) is -3.30. The molecule has 1 amide bonds. The zero-order valence-electron chi connectivity index (χ0n) is 36.3. The van der Waals surface area contributed by atoms with Crippen LogP contribution in [0, 0.1) is 11.8 Å². The van der Waals surface area contributed by atoms with Gasteiger partial charge in [-0.3, -0.25) is 9.69 Å². The zero-order chi connectivity index (χ0) is 42.2. The fraction of sp³-hybridized carbons (Fsp3) is 0.646. The third kappa shape index (κ3) is 12.2. The minimum absolute atomic E-state index is 0.00723. The lowest BCUT2D eigenvalue weighted by Gasteiger charge is -2.40. The van der Waals surface area contributed by atoms with E-state index in [2.05, 4.69) is 6.92 Å². The average molecular weight is 822 g/mol. The minimum Gasteiger partial charge on any atom is -0.458 e. The van der Waals surface area contributed by atoms with Gasteiger partial charge in [0.1, 0.15) is 5.60 Å². The second-order valence-corrected chi connectivity index (χ2v) is 17.7. The monoisotopic (exact) mass is 821 g/mol. The van der Waals surface area contributed by atoms with E-state index in [-0.39, 0.29) is 24.1 Å². The van der Waals surface area contributed by atoms with Crippen LogP contribution < -0.4 is 0 Å². The van der Waals surface area contributed by atoms with Crippen molar-refractivity contribution >= 4 is 29.3 Å². The van der Waals surface area contributed by atoms with E-state index < -0.39 is 46.4 Å². The Bertz CT molecular complexity index is 1550. The maximum Gasteiger partial charge on any atom is 0.339 e. The number of hydrogen-bond acceptors (Lipinski definition) is 9. The Labute approximate surface area is 354 Å². The number of benzene rings is 2. The van der Waals surface area contributed by atoms with E-state index in [0.29, 0.717) is 26.1 Å². The summed E-state index contributed by atoms with van der Waals surface area (Å²) in [5, 5.41) is 12.6. The maximum atomic E-state index is 15.3. The summed E-state index contributed by atoms with van der Waals surface area (Å²) in [5.41, 5.74) is -2.58. The summed E-state index contributed by atoms with van der Waals surface area (Å²) < 4.78 is 30.2. The molecular formula is C48H71NO8S. The number of carbonyl (C=O) groups excluding carboxylic acids is 2. The Kier molecular flexibility index (Phi) is 18.4. The summed E-state index contributed by atoms with van der Waals surface area (Å²) in [4.78, 5) is 31.0. The molecule has 2 aliphatic rings. The van der Waals surface area contributed by atoms with Crippen LogP contribution in [-0.4, -0.2) is 77.0 Å². The van der Waals surface area contributed by atoms with Crippen LogP contribution in [0.5, 0.6) is 0 Å². The number of hydrogen-bond donors (Lipinski definition) is 1. The lowest BCUT2D eigenvalue weighted by molar-refractivity contribution is -0.185. The van der Waals surface area contributed by atoms with Crippen molar-refractivity contribution in [3.8, 4) is 0 Å². The standard InChI is InChI=1S/C48H71NO8S/c1-8-9-10-14-23-31-46(54-35-36-55-46)32-24-15-12-11-13-22-30-40(47(52,33-25-34-53-7)43(51)56-45(4,5)6)42(50)49-41(37(2)3)48(57-44(49)58,38-26-18-16-19-27-38)39-28-20-17-21-29-39/h16-22,26-30,37,40-41,52H,8-15,23-25,31-36H2,1-7H3/b30-22+/t40-,41+,47+/m1/s1. The summed E-state index contributed by atoms with van der Waals surface area (Å²) in [7, 11) is 1.57. The molecule has 2 saturated heterocycles. The van der Waals surface area contributed by atoms with Crippen molar-refractivity contribution < 1.29 is 38.4 Å². The van der Waals surface area contributed by atoms with E-state index in [0.717, 1.165) is 56.1 Å². The first-order valence-electron chi connectivity index (χ1n) is 21.8. The van der Waals surface area contributed by atoms with Crippen LogP contribution in [0.15, 0.2) is 72.8 Å². The molecule has 2 aromatic rings. The van der Waals surface area contributed by atoms with E-state index in [9.17, 15) is 9.90 Å². The highest BCUT2D eigenvalue weighted by molar-refractivity contribution is 7.80. The van der Waals surface area contributed by atoms with Gasteiger partial charge in [0.05, 0.1) is 25.2 Å². The first-order valence-corrected chi connectivity index (χ1v) is 22.2. The molecule has 0 bridgehead atoms. The van der Waals surface area contributed by atoms with E-state index >= 15 is 4.79 Å². The number of esters is 1. The van der Waals surface area contributed by atoms with Gasteiger partial charge in [0.25, 0.3) is 5.17 Å². The van der Waals surface area contributed by atoms with Crippen molar-refractivity contribution in [3.63, 3.8) is 0 Å². The summed E-state index contributed by atoms with van der Waals surface area (Å²) in [6.45, 7) is 13.2. The third-order valence-corrected chi connectivity index (χ3v) is 11.6. The minimum atomic E-state index is -2.21. The van der Waals surface area contributed by atoms with Crippen LogP contribution in [0.3, 0.4) is 0 Å². The number of carbonyl (C=O) groups is 2. The fourth-order valence-corrected chi connectivity index (χ4v) is 8.85. The molecule has 322 valence electrons. The molecule has 58 heavy (non-hydrogen) atoms. The second kappa shape index (κ2) is 22.5. The molecule has 3 atom stereocenters. The lowest BCUT2D eigenvalue weighted by atomic mass is 9.75. The Morgan fingerprint density at radius 2 is 1.43 bits per heavy atom. The second-order valence-electron chi connectivity index (χ2n) is 17.4. The van der Waals surface area contributed by atoms with Crippen LogP contribution in [0.2, 0.25) is 0 Å². The summed E-state index contributed by atoms with van der Waals surface area (Å²) >= 11 is 5.97. The number of allylic oxidation sites excluding steroid dienone is 1. The van der Waals surface area contributed by atoms with E-state index in [4.69, 9.17) is 35.9 Å². The van der Waals surface area contributed by atoms with Gasteiger partial charge in [-0.15, -0.1) is 0 Å². The molecule has 2 aliphatic heterocycles. The molecule has 2 heterocycles. The number of nitrogens with zero attached hydrogens (tertiary/aromatic N) is 1. The van der Waals surface area contributed by atoms with Crippen molar-refractivity contribution in [1.29, 1.82) is 0 Å². The molecule has 0 saturated carbocycles. The number of methoxy groups -OCH3 is 1. The van der Waals surface area contributed by atoms with Crippen molar-refractivity contribution in [1.82, 2.24) is 4.90 Å². The molecule has 4 rings (SSSR count). The lowest BCUT2D eigenvalue weighted by Crippen LogP contribution is -2.57. The topological polar surface area (TPSA) is 104 Å². The van der Waals surface area contributed by atoms with Gasteiger partial charge in [-0.25, -0.2) is 4.79 Å². The number of amides is 1. The van der Waals surface area contributed by atoms with Gasteiger partial charge in [-0.05, 0) is 77.4 Å². The highest BCUT2D eigenvalue weighted by Crippen LogP contribution is 2.48. The first-order chi connectivity index (χ1) is 27.7. The molecule has 0 unspecified atom stereocenters. The van der Waals surface area contributed by atoms with Crippen LogP contribution in [0.4, 0.5) is 0 Å². The van der Waals surface area contributed by atoms with Crippen LogP contribution in [0.1, 0.15) is 143 Å². The Hall–Kier alpha value is -3.15. The van der Waals surface area contributed by atoms with Crippen molar-refractivity contribution in [2.75, 3.05) is 26.9 Å².